The Morgan fingerprint density at radius 1 is 1.18 bits per heavy atom. The van der Waals surface area contributed by atoms with E-state index >= 15 is 0 Å². The zero-order chi connectivity index (χ0) is 23.6. The van der Waals surface area contributed by atoms with Gasteiger partial charge in [-0.2, -0.15) is 0 Å². The molecule has 2 atom stereocenters. The molecule has 33 heavy (non-hydrogen) atoms. The maximum absolute atomic E-state index is 13.7. The summed E-state index contributed by atoms with van der Waals surface area (Å²) in [7, 11) is 1.58. The molecule has 1 aromatic carbocycles. The molecule has 2 aliphatic heterocycles. The van der Waals surface area contributed by atoms with Crippen molar-refractivity contribution in [2.75, 3.05) is 26.8 Å². The van der Waals surface area contributed by atoms with Gasteiger partial charge < -0.3 is 19.7 Å². The number of carbonyl (C=O) groups excluding carboxylic acids is 3. The van der Waals surface area contributed by atoms with Crippen LogP contribution in [0.3, 0.4) is 0 Å². The highest BCUT2D eigenvalue weighted by Gasteiger charge is 2.54. The van der Waals surface area contributed by atoms with Crippen LogP contribution in [-0.2, 0) is 14.3 Å². The molecule has 1 N–H and O–H groups in total. The van der Waals surface area contributed by atoms with E-state index in [-0.39, 0.29) is 36.3 Å². The first kappa shape index (κ1) is 23.5. The first-order valence-electron chi connectivity index (χ1n) is 12.1. The van der Waals surface area contributed by atoms with Crippen molar-refractivity contribution in [3.63, 3.8) is 0 Å². The Kier molecular flexibility index (Phi) is 6.93. The van der Waals surface area contributed by atoms with Crippen molar-refractivity contribution < 1.29 is 23.9 Å². The lowest BCUT2D eigenvalue weighted by Gasteiger charge is -2.45. The Balaban J connectivity index is 1.56. The van der Waals surface area contributed by atoms with Crippen LogP contribution in [0.15, 0.2) is 24.3 Å². The van der Waals surface area contributed by atoms with Gasteiger partial charge in [-0.3, -0.25) is 19.3 Å². The Bertz CT molecular complexity index is 875. The molecule has 0 aromatic heterocycles. The Morgan fingerprint density at radius 2 is 1.85 bits per heavy atom. The first-order valence-corrected chi connectivity index (χ1v) is 12.1. The normalized spacial score (nSPS) is 23.2. The zero-order valence-electron chi connectivity index (χ0n) is 19.8. The standard InChI is InChI=1S/C25H35N3O5/c1-4-17(2)26-22(29)21-16-33-25(12-14-27(15-13-25)23(30)18-6-5-7-18)28(21)24(31)19-8-10-20(32-3)11-9-19/h8-11,17-18,21H,4-7,12-16H2,1-3H3,(H,26,29)/t17-,21-/m1/s1. The minimum atomic E-state index is -0.884. The molecular formula is C25H35N3O5. The summed E-state index contributed by atoms with van der Waals surface area (Å²) < 4.78 is 11.5. The van der Waals surface area contributed by atoms with Gasteiger partial charge in [0, 0.05) is 43.5 Å². The number of piperidine rings is 1. The number of methoxy groups -OCH3 is 1. The van der Waals surface area contributed by atoms with Crippen LogP contribution < -0.4 is 10.1 Å². The van der Waals surface area contributed by atoms with Crippen LogP contribution >= 0.6 is 0 Å². The van der Waals surface area contributed by atoms with Gasteiger partial charge in [0.05, 0.1) is 13.7 Å². The number of ether oxygens (including phenoxy) is 2. The van der Waals surface area contributed by atoms with Crippen LogP contribution in [0.1, 0.15) is 62.7 Å². The fraction of sp³-hybridized carbons (Fsp3) is 0.640. The fourth-order valence-electron chi connectivity index (χ4n) is 4.87. The van der Waals surface area contributed by atoms with E-state index < -0.39 is 11.8 Å². The van der Waals surface area contributed by atoms with Crippen molar-refractivity contribution in [2.45, 2.75) is 70.2 Å². The van der Waals surface area contributed by atoms with E-state index in [1.807, 2.05) is 18.7 Å². The molecule has 0 unspecified atom stereocenters. The maximum Gasteiger partial charge on any atom is 0.256 e. The van der Waals surface area contributed by atoms with E-state index in [2.05, 4.69) is 5.32 Å². The van der Waals surface area contributed by atoms with E-state index in [1.165, 1.54) is 0 Å². The quantitative estimate of drug-likeness (QED) is 0.709. The number of benzene rings is 1. The second kappa shape index (κ2) is 9.71. The van der Waals surface area contributed by atoms with Crippen molar-refractivity contribution in [1.29, 1.82) is 0 Å². The summed E-state index contributed by atoms with van der Waals surface area (Å²) >= 11 is 0. The highest BCUT2D eigenvalue weighted by molar-refractivity contribution is 5.98. The highest BCUT2D eigenvalue weighted by Crippen LogP contribution is 2.40. The van der Waals surface area contributed by atoms with Crippen molar-refractivity contribution in [1.82, 2.24) is 15.1 Å². The van der Waals surface area contributed by atoms with Crippen molar-refractivity contribution >= 4 is 17.7 Å². The molecule has 0 bridgehead atoms. The summed E-state index contributed by atoms with van der Waals surface area (Å²) in [5.41, 5.74) is -0.403. The average molecular weight is 458 g/mol. The topological polar surface area (TPSA) is 88.2 Å². The van der Waals surface area contributed by atoms with E-state index in [0.717, 1.165) is 25.7 Å². The van der Waals surface area contributed by atoms with Crippen LogP contribution in [0.5, 0.6) is 5.75 Å². The monoisotopic (exact) mass is 457 g/mol. The van der Waals surface area contributed by atoms with Crippen LogP contribution in [0, 0.1) is 5.92 Å². The van der Waals surface area contributed by atoms with Crippen LogP contribution in [0.2, 0.25) is 0 Å². The minimum absolute atomic E-state index is 0.00827. The number of amides is 3. The van der Waals surface area contributed by atoms with Gasteiger partial charge in [0.15, 0.2) is 0 Å². The van der Waals surface area contributed by atoms with Gasteiger partial charge in [-0.05, 0) is 50.5 Å². The Morgan fingerprint density at radius 3 is 2.39 bits per heavy atom. The summed E-state index contributed by atoms with van der Waals surface area (Å²) in [6.07, 6.45) is 4.86. The summed E-state index contributed by atoms with van der Waals surface area (Å²) in [6, 6.07) is 6.21. The molecule has 2 saturated heterocycles. The summed E-state index contributed by atoms with van der Waals surface area (Å²) in [5, 5.41) is 3.01. The average Bonchev–Trinajstić information content (AvgIpc) is 3.16. The molecule has 4 rings (SSSR count). The number of likely N-dealkylation sites (tertiary alicyclic amines) is 1. The molecule has 180 valence electrons. The largest absolute Gasteiger partial charge is 0.497 e. The van der Waals surface area contributed by atoms with Gasteiger partial charge in [-0.15, -0.1) is 0 Å². The number of nitrogens with zero attached hydrogens (tertiary/aromatic N) is 2. The van der Waals surface area contributed by atoms with Crippen LogP contribution in [0.25, 0.3) is 0 Å². The summed E-state index contributed by atoms with van der Waals surface area (Å²) in [6.45, 7) is 5.17. The lowest BCUT2D eigenvalue weighted by Crippen LogP contribution is -2.60. The van der Waals surface area contributed by atoms with E-state index in [1.54, 1.807) is 36.3 Å². The van der Waals surface area contributed by atoms with Gasteiger partial charge in [-0.1, -0.05) is 13.3 Å². The molecule has 1 spiro atoms. The molecule has 8 nitrogen and oxygen atoms in total. The fourth-order valence-corrected chi connectivity index (χ4v) is 4.87. The molecule has 8 heteroatoms. The molecule has 3 aliphatic rings. The second-order valence-corrected chi connectivity index (χ2v) is 9.45. The van der Waals surface area contributed by atoms with E-state index in [4.69, 9.17) is 9.47 Å². The molecule has 1 saturated carbocycles. The molecule has 3 amide bonds. The van der Waals surface area contributed by atoms with Gasteiger partial charge in [-0.25, -0.2) is 0 Å². The second-order valence-electron chi connectivity index (χ2n) is 9.45. The van der Waals surface area contributed by atoms with Crippen molar-refractivity contribution in [2.24, 2.45) is 5.92 Å². The van der Waals surface area contributed by atoms with Crippen molar-refractivity contribution in [3.8, 4) is 5.75 Å². The van der Waals surface area contributed by atoms with Crippen LogP contribution in [-0.4, -0.2) is 72.1 Å². The van der Waals surface area contributed by atoms with Crippen molar-refractivity contribution in [3.05, 3.63) is 29.8 Å². The number of nitrogens with one attached hydrogen (secondary N) is 1. The smallest absolute Gasteiger partial charge is 0.256 e. The Hall–Kier alpha value is -2.61. The number of hydrogen-bond acceptors (Lipinski definition) is 5. The van der Waals surface area contributed by atoms with E-state index in [9.17, 15) is 14.4 Å². The maximum atomic E-state index is 13.7. The lowest BCUT2D eigenvalue weighted by molar-refractivity contribution is -0.149. The van der Waals surface area contributed by atoms with Gasteiger partial charge in [0.25, 0.3) is 5.91 Å². The summed E-state index contributed by atoms with van der Waals surface area (Å²) in [5.74, 6) is 0.588. The highest BCUT2D eigenvalue weighted by atomic mass is 16.5. The lowest BCUT2D eigenvalue weighted by atomic mass is 9.83. The van der Waals surface area contributed by atoms with Crippen LogP contribution in [0.4, 0.5) is 0 Å². The number of rotatable bonds is 6. The number of carbonyl (C=O) groups is 3. The molecule has 3 fully saturated rings. The predicted octanol–water partition coefficient (Wildman–Crippen LogP) is 2.57. The Labute approximate surface area is 195 Å². The summed E-state index contributed by atoms with van der Waals surface area (Å²) in [4.78, 5) is 43.1. The number of hydrogen-bond donors (Lipinski definition) is 1. The third-order valence-electron chi connectivity index (χ3n) is 7.43. The van der Waals surface area contributed by atoms with Gasteiger partial charge in [0.1, 0.15) is 17.5 Å². The third-order valence-corrected chi connectivity index (χ3v) is 7.43. The molecule has 0 radical (unpaired) electrons. The predicted molar refractivity (Wildman–Crippen MR) is 123 cm³/mol. The zero-order valence-corrected chi connectivity index (χ0v) is 19.8. The van der Waals surface area contributed by atoms with Gasteiger partial charge >= 0.3 is 0 Å². The first-order chi connectivity index (χ1) is 15.9. The molecule has 2 heterocycles. The molecule has 1 aliphatic carbocycles. The van der Waals surface area contributed by atoms with Gasteiger partial charge in [0.2, 0.25) is 11.8 Å². The SMILES string of the molecule is CC[C@@H](C)NC(=O)[C@H]1COC2(CCN(C(=O)C3CCC3)CC2)N1C(=O)c1ccc(OC)cc1. The molecular weight excluding hydrogens is 422 g/mol. The van der Waals surface area contributed by atoms with E-state index in [0.29, 0.717) is 37.2 Å². The third kappa shape index (κ3) is 4.58. The molecule has 1 aromatic rings. The minimum Gasteiger partial charge on any atom is -0.497 e.